The van der Waals surface area contributed by atoms with Gasteiger partial charge in [0.25, 0.3) is 0 Å². The van der Waals surface area contributed by atoms with E-state index in [4.69, 9.17) is 23.2 Å². The van der Waals surface area contributed by atoms with Crippen LogP contribution >= 0.6 is 23.2 Å². The normalized spacial score (nSPS) is 10.4. The van der Waals surface area contributed by atoms with E-state index < -0.39 is 0 Å². The number of aryl methyl sites for hydroxylation is 2. The Morgan fingerprint density at radius 2 is 1.67 bits per heavy atom. The van der Waals surface area contributed by atoms with Crippen LogP contribution in [0.5, 0.6) is 0 Å². The monoisotopic (exact) mass is 278 g/mol. The van der Waals surface area contributed by atoms with Gasteiger partial charge in [0.15, 0.2) is 6.29 Å². The van der Waals surface area contributed by atoms with E-state index in [0.717, 1.165) is 33.6 Å². The van der Waals surface area contributed by atoms with E-state index in [0.29, 0.717) is 10.6 Å². The number of rotatable bonds is 2. The Bertz CT molecular complexity index is 618. The van der Waals surface area contributed by atoms with Gasteiger partial charge in [0, 0.05) is 15.6 Å². The van der Waals surface area contributed by atoms with E-state index in [9.17, 15) is 4.79 Å². The average molecular weight is 279 g/mol. The van der Waals surface area contributed by atoms with Crippen molar-refractivity contribution in [3.63, 3.8) is 0 Å². The van der Waals surface area contributed by atoms with E-state index >= 15 is 0 Å². The molecule has 0 heterocycles. The summed E-state index contributed by atoms with van der Waals surface area (Å²) in [6, 6.07) is 9.14. The zero-order valence-electron chi connectivity index (χ0n) is 10.1. The maximum Gasteiger partial charge on any atom is 0.150 e. The van der Waals surface area contributed by atoms with Gasteiger partial charge in [-0.25, -0.2) is 0 Å². The average Bonchev–Trinajstić information content (AvgIpc) is 2.34. The molecule has 0 aromatic heterocycles. The van der Waals surface area contributed by atoms with Crippen molar-refractivity contribution in [1.82, 2.24) is 0 Å². The van der Waals surface area contributed by atoms with Crippen LogP contribution in [0.1, 0.15) is 21.5 Å². The van der Waals surface area contributed by atoms with Gasteiger partial charge >= 0.3 is 0 Å². The summed E-state index contributed by atoms with van der Waals surface area (Å²) in [6.07, 6.45) is 0.842. The molecular formula is C15H12Cl2O. The third kappa shape index (κ3) is 2.43. The second-order valence-electron chi connectivity index (χ2n) is 4.27. The standard InChI is InChI=1S/C15H12Cl2O/c1-9-6-15(17)10(2)5-13(9)14-7-12(16)4-3-11(14)8-18/h3-8H,1-2H3. The third-order valence-electron chi connectivity index (χ3n) is 2.94. The van der Waals surface area contributed by atoms with Crippen LogP contribution in [-0.4, -0.2) is 6.29 Å². The molecule has 0 atom stereocenters. The fourth-order valence-corrected chi connectivity index (χ4v) is 2.33. The lowest BCUT2D eigenvalue weighted by atomic mass is 9.95. The highest BCUT2D eigenvalue weighted by Gasteiger charge is 2.10. The van der Waals surface area contributed by atoms with Crippen molar-refractivity contribution in [3.8, 4) is 11.1 Å². The molecule has 0 spiro atoms. The Balaban J connectivity index is 2.72. The molecule has 0 saturated heterocycles. The lowest BCUT2D eigenvalue weighted by Crippen LogP contribution is -1.92. The number of benzene rings is 2. The Morgan fingerprint density at radius 3 is 2.33 bits per heavy atom. The van der Waals surface area contributed by atoms with Crippen LogP contribution in [0.3, 0.4) is 0 Å². The van der Waals surface area contributed by atoms with Crippen LogP contribution in [-0.2, 0) is 0 Å². The van der Waals surface area contributed by atoms with Gasteiger partial charge in [-0.15, -0.1) is 0 Å². The van der Waals surface area contributed by atoms with Crippen molar-refractivity contribution in [2.45, 2.75) is 13.8 Å². The molecule has 1 nitrogen and oxygen atoms in total. The van der Waals surface area contributed by atoms with E-state index in [1.807, 2.05) is 26.0 Å². The molecule has 0 aliphatic heterocycles. The zero-order chi connectivity index (χ0) is 13.3. The molecule has 0 radical (unpaired) electrons. The number of hydrogen-bond donors (Lipinski definition) is 0. The topological polar surface area (TPSA) is 17.1 Å². The number of hydrogen-bond acceptors (Lipinski definition) is 1. The van der Waals surface area contributed by atoms with Gasteiger partial charge in [-0.1, -0.05) is 23.2 Å². The van der Waals surface area contributed by atoms with Crippen molar-refractivity contribution in [2.24, 2.45) is 0 Å². The molecule has 2 aromatic rings. The Hall–Kier alpha value is -1.31. The quantitative estimate of drug-likeness (QED) is 0.700. The van der Waals surface area contributed by atoms with Crippen LogP contribution in [0.2, 0.25) is 10.0 Å². The molecule has 0 amide bonds. The molecule has 0 fully saturated rings. The van der Waals surface area contributed by atoms with E-state index in [1.165, 1.54) is 0 Å². The molecule has 0 aliphatic rings. The summed E-state index contributed by atoms with van der Waals surface area (Å²) in [5.41, 5.74) is 4.46. The summed E-state index contributed by atoms with van der Waals surface area (Å²) in [5.74, 6) is 0. The first kappa shape index (κ1) is 13.1. The second-order valence-corrected chi connectivity index (χ2v) is 5.11. The minimum Gasteiger partial charge on any atom is -0.298 e. The van der Waals surface area contributed by atoms with Gasteiger partial charge in [0.05, 0.1) is 0 Å². The van der Waals surface area contributed by atoms with Gasteiger partial charge in [0.2, 0.25) is 0 Å². The molecule has 3 heteroatoms. The summed E-state index contributed by atoms with van der Waals surface area (Å²) in [5, 5.41) is 1.34. The SMILES string of the molecule is Cc1cc(-c2cc(Cl)ccc2C=O)c(C)cc1Cl. The first-order chi connectivity index (χ1) is 8.52. The first-order valence-electron chi connectivity index (χ1n) is 5.55. The molecular weight excluding hydrogens is 267 g/mol. The highest BCUT2D eigenvalue weighted by molar-refractivity contribution is 6.32. The fourth-order valence-electron chi connectivity index (χ4n) is 1.94. The third-order valence-corrected chi connectivity index (χ3v) is 3.58. The largest absolute Gasteiger partial charge is 0.298 e. The highest BCUT2D eigenvalue weighted by atomic mass is 35.5. The number of halogens is 2. The number of carbonyl (C=O) groups is 1. The minimum atomic E-state index is 0.614. The van der Waals surface area contributed by atoms with Crippen molar-refractivity contribution < 1.29 is 4.79 Å². The minimum absolute atomic E-state index is 0.614. The molecule has 0 saturated carbocycles. The van der Waals surface area contributed by atoms with Crippen LogP contribution in [0.15, 0.2) is 30.3 Å². The van der Waals surface area contributed by atoms with E-state index in [-0.39, 0.29) is 0 Å². The molecule has 0 N–H and O–H groups in total. The predicted octanol–water partition coefficient (Wildman–Crippen LogP) is 5.09. The fraction of sp³-hybridized carbons (Fsp3) is 0.133. The van der Waals surface area contributed by atoms with Crippen LogP contribution in [0.25, 0.3) is 11.1 Å². The van der Waals surface area contributed by atoms with Crippen LogP contribution in [0, 0.1) is 13.8 Å². The van der Waals surface area contributed by atoms with Crippen molar-refractivity contribution in [3.05, 3.63) is 57.1 Å². The Morgan fingerprint density at radius 1 is 0.944 bits per heavy atom. The zero-order valence-corrected chi connectivity index (χ0v) is 11.6. The van der Waals surface area contributed by atoms with E-state index in [1.54, 1.807) is 18.2 Å². The molecule has 0 unspecified atom stereocenters. The smallest absolute Gasteiger partial charge is 0.150 e. The van der Waals surface area contributed by atoms with Gasteiger partial charge < -0.3 is 0 Å². The summed E-state index contributed by atoms with van der Waals surface area (Å²) in [6.45, 7) is 3.91. The van der Waals surface area contributed by atoms with Crippen LogP contribution < -0.4 is 0 Å². The maximum absolute atomic E-state index is 11.1. The summed E-state index contributed by atoms with van der Waals surface area (Å²) in [7, 11) is 0. The molecule has 0 bridgehead atoms. The van der Waals surface area contributed by atoms with E-state index in [2.05, 4.69) is 0 Å². The maximum atomic E-state index is 11.1. The Kier molecular flexibility index (Phi) is 3.74. The Labute approximate surface area is 116 Å². The lowest BCUT2D eigenvalue weighted by Gasteiger charge is -2.11. The van der Waals surface area contributed by atoms with Crippen molar-refractivity contribution >= 4 is 29.5 Å². The lowest BCUT2D eigenvalue weighted by molar-refractivity contribution is 0.112. The summed E-state index contributed by atoms with van der Waals surface area (Å²) >= 11 is 12.1. The molecule has 18 heavy (non-hydrogen) atoms. The second kappa shape index (κ2) is 5.13. The molecule has 92 valence electrons. The highest BCUT2D eigenvalue weighted by Crippen LogP contribution is 2.32. The number of carbonyl (C=O) groups excluding carboxylic acids is 1. The first-order valence-corrected chi connectivity index (χ1v) is 6.30. The molecule has 2 rings (SSSR count). The van der Waals surface area contributed by atoms with Gasteiger partial charge in [-0.3, -0.25) is 4.79 Å². The molecule has 0 aliphatic carbocycles. The van der Waals surface area contributed by atoms with Crippen molar-refractivity contribution in [1.29, 1.82) is 0 Å². The summed E-state index contributed by atoms with van der Waals surface area (Å²) < 4.78 is 0. The molecule has 2 aromatic carbocycles. The summed E-state index contributed by atoms with van der Waals surface area (Å²) in [4.78, 5) is 11.1. The van der Waals surface area contributed by atoms with Gasteiger partial charge in [-0.2, -0.15) is 0 Å². The van der Waals surface area contributed by atoms with Crippen LogP contribution in [0.4, 0.5) is 0 Å². The van der Waals surface area contributed by atoms with Gasteiger partial charge in [0.1, 0.15) is 0 Å². The van der Waals surface area contributed by atoms with Crippen molar-refractivity contribution in [2.75, 3.05) is 0 Å². The number of aldehydes is 1. The predicted molar refractivity (Wildman–Crippen MR) is 76.8 cm³/mol. The van der Waals surface area contributed by atoms with Gasteiger partial charge in [-0.05, 0) is 66.4 Å².